The Morgan fingerprint density at radius 3 is 1.85 bits per heavy atom. The number of thiophene rings is 2. The van der Waals surface area contributed by atoms with Crippen molar-refractivity contribution in [2.45, 2.75) is 149 Å². The summed E-state index contributed by atoms with van der Waals surface area (Å²) in [7, 11) is 0. The summed E-state index contributed by atoms with van der Waals surface area (Å²) in [6.45, 7) is 16.5. The maximum absolute atomic E-state index is 13.0. The zero-order chi connectivity index (χ0) is 46.5. The van der Waals surface area contributed by atoms with Gasteiger partial charge in [-0.2, -0.15) is 0 Å². The molecule has 10 rings (SSSR count). The second kappa shape index (κ2) is 22.8. The van der Waals surface area contributed by atoms with E-state index in [1.165, 1.54) is 87.0 Å². The Labute approximate surface area is 424 Å². The predicted molar refractivity (Wildman–Crippen MR) is 290 cm³/mol. The van der Waals surface area contributed by atoms with Gasteiger partial charge in [0.2, 0.25) is 5.91 Å². The van der Waals surface area contributed by atoms with Crippen molar-refractivity contribution in [3.05, 3.63) is 83.8 Å². The minimum atomic E-state index is -0.167. The lowest BCUT2D eigenvalue weighted by molar-refractivity contribution is -0.118. The predicted octanol–water partition coefficient (Wildman–Crippen LogP) is 14.6. The molecule has 2 aliphatic heterocycles. The Morgan fingerprint density at radius 2 is 1.35 bits per heavy atom. The van der Waals surface area contributed by atoms with Crippen LogP contribution in [0.5, 0.6) is 0 Å². The van der Waals surface area contributed by atoms with Crippen LogP contribution in [0, 0.1) is 5.92 Å². The van der Waals surface area contributed by atoms with Crippen LogP contribution in [0.1, 0.15) is 124 Å². The third kappa shape index (κ3) is 11.8. The molecule has 14 heteroatoms. The Balaban J connectivity index is 0.000000165. The van der Waals surface area contributed by atoms with Crippen molar-refractivity contribution >= 4 is 114 Å². The highest BCUT2D eigenvalue weighted by atomic mass is 79.9. The average Bonchev–Trinajstić information content (AvgIpc) is 4.04. The fourth-order valence-corrected chi connectivity index (χ4v) is 14.6. The molecule has 4 aliphatic rings. The Hall–Kier alpha value is -2.66. The van der Waals surface area contributed by atoms with E-state index in [1.54, 1.807) is 34.0 Å². The van der Waals surface area contributed by atoms with Gasteiger partial charge in [-0.15, -0.1) is 45.3 Å². The molecule has 1 amide bonds. The Kier molecular flexibility index (Phi) is 17.2. The average molecular weight is 1090 g/mol. The van der Waals surface area contributed by atoms with Gasteiger partial charge in [-0.3, -0.25) is 19.4 Å². The monoisotopic (exact) mass is 1090 g/mol. The van der Waals surface area contributed by atoms with Crippen LogP contribution in [-0.2, 0) is 41.9 Å². The quantitative estimate of drug-likeness (QED) is 0.105. The standard InChI is InChI=1S/C27H33BrN2OS2.C21H20BrN3OS2.C4H11N/c1-3-17(2)6-4-9-20(31)15-24-26(27-29-22-14-18(28)10-11-23(22)33-27)21-12-13-30(16-25(21)32-24)19-7-5-8-19;1-2-18(26)24-21-19(20-23-15-10-12(22)6-7-16(15)27-20)14-8-9-25(11-17(14)28-21)13-4-3-5-13;1-3-4(2)5/h10-11,14,17,19H,3-9,12-13,15-16H2,1-2H3;2,6-7,10,13H,1,3-5,8-9,11H2,(H,24,26);4H,3,5H2,1-2H3/t17-;;4-/m0.0/s1. The summed E-state index contributed by atoms with van der Waals surface area (Å²) >= 11 is 14.2. The number of benzene rings is 2. The number of carbonyl (C=O) groups is 2. The first-order valence-corrected chi connectivity index (χ1v) is 28.9. The number of ketones is 1. The number of rotatable bonds is 14. The number of amides is 1. The van der Waals surface area contributed by atoms with Crippen molar-refractivity contribution < 1.29 is 9.59 Å². The molecule has 0 spiro atoms. The summed E-state index contributed by atoms with van der Waals surface area (Å²) < 4.78 is 4.46. The molecule has 2 saturated carbocycles. The van der Waals surface area contributed by atoms with Gasteiger partial charge in [0.05, 0.1) is 20.4 Å². The maximum atomic E-state index is 13.0. The number of anilines is 1. The lowest BCUT2D eigenvalue weighted by Crippen LogP contribution is -2.42. The smallest absolute Gasteiger partial charge is 0.248 e. The van der Waals surface area contributed by atoms with Crippen LogP contribution < -0.4 is 11.1 Å². The van der Waals surface area contributed by atoms with E-state index in [4.69, 9.17) is 15.7 Å². The lowest BCUT2D eigenvalue weighted by Gasteiger charge is -2.39. The number of nitrogens with one attached hydrogen (secondary N) is 1. The van der Waals surface area contributed by atoms with Crippen molar-refractivity contribution in [2.24, 2.45) is 11.7 Å². The number of hydrogen-bond acceptors (Lipinski definition) is 11. The molecule has 0 bridgehead atoms. The summed E-state index contributed by atoms with van der Waals surface area (Å²) in [6.07, 6.45) is 17.2. The zero-order valence-corrected chi connectivity index (χ0v) is 45.3. The van der Waals surface area contributed by atoms with Gasteiger partial charge >= 0.3 is 0 Å². The van der Waals surface area contributed by atoms with E-state index in [1.807, 2.05) is 24.3 Å². The van der Waals surface area contributed by atoms with Gasteiger partial charge in [0.15, 0.2) is 0 Å². The first kappa shape index (κ1) is 49.8. The van der Waals surface area contributed by atoms with E-state index >= 15 is 0 Å². The number of nitrogens with two attached hydrogens (primary N) is 1. The normalized spacial score (nSPS) is 17.4. The molecule has 8 nitrogen and oxygen atoms in total. The van der Waals surface area contributed by atoms with Gasteiger partial charge in [0.25, 0.3) is 0 Å². The fraction of sp³-hybridized carbons (Fsp3) is 0.500. The number of nitrogens with zero attached hydrogens (tertiary/aromatic N) is 4. The number of fused-ring (bicyclic) bond motifs is 4. The third-order valence-corrected chi connectivity index (χ3v) is 19.3. The molecule has 0 saturated heterocycles. The Morgan fingerprint density at radius 1 is 0.818 bits per heavy atom. The molecular weight excluding hydrogens is 1030 g/mol. The van der Waals surface area contributed by atoms with E-state index < -0.39 is 0 Å². The van der Waals surface area contributed by atoms with Crippen molar-refractivity contribution in [1.29, 1.82) is 0 Å². The molecule has 352 valence electrons. The van der Waals surface area contributed by atoms with Crippen molar-refractivity contribution in [1.82, 2.24) is 19.8 Å². The van der Waals surface area contributed by atoms with Gasteiger partial charge in [-0.25, -0.2) is 9.97 Å². The Bertz CT molecular complexity index is 2660. The molecule has 2 aliphatic carbocycles. The maximum Gasteiger partial charge on any atom is 0.248 e. The topological polar surface area (TPSA) is 104 Å². The highest BCUT2D eigenvalue weighted by Gasteiger charge is 2.34. The van der Waals surface area contributed by atoms with Crippen LogP contribution in [-0.4, -0.2) is 62.7 Å². The molecule has 0 radical (unpaired) electrons. The van der Waals surface area contributed by atoms with Crippen molar-refractivity contribution in [2.75, 3.05) is 18.4 Å². The number of hydrogen-bond donors (Lipinski definition) is 2. The van der Waals surface area contributed by atoms with Crippen LogP contribution in [0.2, 0.25) is 0 Å². The minimum Gasteiger partial charge on any atom is -0.328 e. The van der Waals surface area contributed by atoms with Crippen LogP contribution in [0.4, 0.5) is 5.00 Å². The first-order valence-electron chi connectivity index (χ1n) is 24.0. The van der Waals surface area contributed by atoms with E-state index in [0.717, 1.165) is 116 Å². The van der Waals surface area contributed by atoms with Crippen LogP contribution in [0.3, 0.4) is 0 Å². The summed E-state index contributed by atoms with van der Waals surface area (Å²) in [5.41, 5.74) is 12.6. The van der Waals surface area contributed by atoms with Gasteiger partial charge in [0, 0.05) is 91.8 Å². The molecule has 6 aromatic rings. The lowest BCUT2D eigenvalue weighted by atomic mass is 9.89. The minimum absolute atomic E-state index is 0.167. The van der Waals surface area contributed by atoms with E-state index in [2.05, 4.69) is 105 Å². The molecular formula is C52H64Br2N6O2S4. The SMILES string of the molecule is C=CC(=O)Nc1sc2c(c1-c1nc3cc(Br)ccc3s1)CCN(C1CCC1)C2.CC[C@H](C)CCCC(=O)Cc1sc2c(c1-c1nc3cc(Br)ccc3s1)CCN(C1CCC1)C2.CC[C@H](C)N. The second-order valence-electron chi connectivity index (χ2n) is 18.6. The third-order valence-electron chi connectivity index (χ3n) is 13.8. The van der Waals surface area contributed by atoms with Gasteiger partial charge in [-0.05, 0) is 118 Å². The summed E-state index contributed by atoms with van der Waals surface area (Å²) in [5, 5.41) is 6.04. The molecule has 0 unspecified atom stereocenters. The molecule has 2 aromatic carbocycles. The molecule has 2 fully saturated rings. The highest BCUT2D eigenvalue weighted by molar-refractivity contribution is 9.10. The zero-order valence-electron chi connectivity index (χ0n) is 38.9. The summed E-state index contributed by atoms with van der Waals surface area (Å²) in [4.78, 5) is 44.4. The van der Waals surface area contributed by atoms with Crippen LogP contribution >= 0.6 is 77.2 Å². The first-order chi connectivity index (χ1) is 31.9. The number of thiazole rings is 2. The van der Waals surface area contributed by atoms with Crippen molar-refractivity contribution in [3.63, 3.8) is 0 Å². The number of aromatic nitrogens is 2. The van der Waals surface area contributed by atoms with E-state index in [9.17, 15) is 9.59 Å². The van der Waals surface area contributed by atoms with Crippen molar-refractivity contribution in [3.8, 4) is 21.1 Å². The number of carbonyl (C=O) groups excluding carboxylic acids is 2. The second-order valence-corrected chi connectivity index (χ2v) is 24.8. The molecule has 6 heterocycles. The molecule has 66 heavy (non-hydrogen) atoms. The summed E-state index contributed by atoms with van der Waals surface area (Å²) in [6, 6.07) is 14.4. The van der Waals surface area contributed by atoms with Gasteiger partial charge < -0.3 is 11.1 Å². The molecule has 2 atom stereocenters. The van der Waals surface area contributed by atoms with Gasteiger partial charge in [-0.1, -0.05) is 84.9 Å². The summed E-state index contributed by atoms with van der Waals surface area (Å²) in [5.74, 6) is 0.930. The van der Waals surface area contributed by atoms with E-state index in [-0.39, 0.29) is 5.91 Å². The fourth-order valence-electron chi connectivity index (χ4n) is 9.01. The largest absolute Gasteiger partial charge is 0.328 e. The van der Waals surface area contributed by atoms with Gasteiger partial charge in [0.1, 0.15) is 20.8 Å². The number of halogens is 2. The van der Waals surface area contributed by atoms with Crippen LogP contribution in [0.15, 0.2) is 58.0 Å². The molecule has 4 aromatic heterocycles. The van der Waals surface area contributed by atoms with Crippen LogP contribution in [0.25, 0.3) is 41.6 Å². The highest BCUT2D eigenvalue weighted by Crippen LogP contribution is 2.48. The number of Topliss-reactive ketones (excluding diaryl/α,β-unsaturated/α-hetero) is 1. The van der Waals surface area contributed by atoms with E-state index in [0.29, 0.717) is 30.6 Å². The molecule has 3 N–H and O–H groups in total.